The second-order valence-corrected chi connectivity index (χ2v) is 4.60. The van der Waals surface area contributed by atoms with Crippen LogP contribution >= 0.6 is 0 Å². The second-order valence-electron chi connectivity index (χ2n) is 4.60. The Morgan fingerprint density at radius 1 is 1.14 bits per heavy atom. The lowest BCUT2D eigenvalue weighted by molar-refractivity contribution is 0.327. The van der Waals surface area contributed by atoms with Crippen molar-refractivity contribution in [3.8, 4) is 28.4 Å². The second kappa shape index (κ2) is 5.75. The molecule has 5 nitrogen and oxygen atoms in total. The van der Waals surface area contributed by atoms with E-state index < -0.39 is 0 Å². The molecule has 0 fully saturated rings. The molecule has 0 saturated carbocycles. The van der Waals surface area contributed by atoms with Gasteiger partial charge >= 0.3 is 0 Å². The van der Waals surface area contributed by atoms with Gasteiger partial charge in [-0.25, -0.2) is 4.98 Å². The van der Waals surface area contributed by atoms with E-state index in [-0.39, 0.29) is 0 Å². The van der Waals surface area contributed by atoms with Crippen molar-refractivity contribution in [2.45, 2.75) is 6.92 Å². The highest BCUT2D eigenvalue weighted by atomic mass is 16.5. The van der Waals surface area contributed by atoms with Gasteiger partial charge in [0.05, 0.1) is 18.0 Å². The highest BCUT2D eigenvalue weighted by Crippen LogP contribution is 2.25. The van der Waals surface area contributed by atoms with Crippen LogP contribution in [-0.4, -0.2) is 26.4 Å². The molecular weight excluding hydrogens is 264 g/mol. The maximum absolute atomic E-state index is 5.36. The zero-order valence-electron chi connectivity index (χ0n) is 12.0. The SMILES string of the molecule is CCOc1ccc(-c2cc(-c3cccnc3)nn2C)cn1. The van der Waals surface area contributed by atoms with Gasteiger partial charge < -0.3 is 4.74 Å². The number of nitrogens with zero attached hydrogens (tertiary/aromatic N) is 4. The van der Waals surface area contributed by atoms with E-state index in [4.69, 9.17) is 4.74 Å². The van der Waals surface area contributed by atoms with E-state index in [2.05, 4.69) is 15.1 Å². The minimum absolute atomic E-state index is 0.614. The predicted octanol–water partition coefficient (Wildman–Crippen LogP) is 2.94. The molecule has 0 aromatic carbocycles. The van der Waals surface area contributed by atoms with Gasteiger partial charge in [0.1, 0.15) is 0 Å². The van der Waals surface area contributed by atoms with Crippen LogP contribution in [0.2, 0.25) is 0 Å². The highest BCUT2D eigenvalue weighted by molar-refractivity contribution is 5.67. The number of aryl methyl sites for hydroxylation is 1. The maximum atomic E-state index is 5.36. The average molecular weight is 280 g/mol. The number of hydrogen-bond acceptors (Lipinski definition) is 4. The van der Waals surface area contributed by atoms with Gasteiger partial charge in [-0.1, -0.05) is 0 Å². The zero-order chi connectivity index (χ0) is 14.7. The third kappa shape index (κ3) is 2.76. The molecule has 0 amide bonds. The van der Waals surface area contributed by atoms with Crippen molar-refractivity contribution in [2.75, 3.05) is 6.61 Å². The lowest BCUT2D eigenvalue weighted by atomic mass is 10.1. The van der Waals surface area contributed by atoms with Gasteiger partial charge in [-0.15, -0.1) is 0 Å². The molecule has 0 aliphatic carbocycles. The van der Waals surface area contributed by atoms with Crippen molar-refractivity contribution < 1.29 is 4.74 Å². The first-order valence-electron chi connectivity index (χ1n) is 6.81. The smallest absolute Gasteiger partial charge is 0.213 e. The molecule has 3 rings (SSSR count). The summed E-state index contributed by atoms with van der Waals surface area (Å²) in [5.74, 6) is 0.635. The van der Waals surface area contributed by atoms with Crippen LogP contribution in [0.1, 0.15) is 6.92 Å². The Bertz CT molecular complexity index is 720. The summed E-state index contributed by atoms with van der Waals surface area (Å²) in [6.07, 6.45) is 5.36. The third-order valence-corrected chi connectivity index (χ3v) is 3.16. The molecule has 3 aromatic rings. The first-order valence-corrected chi connectivity index (χ1v) is 6.81. The monoisotopic (exact) mass is 280 g/mol. The van der Waals surface area contributed by atoms with Crippen LogP contribution < -0.4 is 4.74 Å². The first-order chi connectivity index (χ1) is 10.3. The summed E-state index contributed by atoms with van der Waals surface area (Å²) < 4.78 is 7.21. The van der Waals surface area contributed by atoms with Gasteiger partial charge in [0, 0.05) is 42.8 Å². The third-order valence-electron chi connectivity index (χ3n) is 3.16. The van der Waals surface area contributed by atoms with E-state index in [0.717, 1.165) is 22.5 Å². The van der Waals surface area contributed by atoms with Crippen molar-refractivity contribution in [3.05, 3.63) is 48.9 Å². The number of hydrogen-bond donors (Lipinski definition) is 0. The van der Waals surface area contributed by atoms with Crippen molar-refractivity contribution in [1.82, 2.24) is 19.7 Å². The summed E-state index contributed by atoms with van der Waals surface area (Å²) in [6, 6.07) is 9.80. The van der Waals surface area contributed by atoms with Crippen LogP contribution in [0.3, 0.4) is 0 Å². The maximum Gasteiger partial charge on any atom is 0.213 e. The summed E-state index contributed by atoms with van der Waals surface area (Å²) in [6.45, 7) is 2.56. The lowest BCUT2D eigenvalue weighted by Crippen LogP contribution is -1.96. The first kappa shape index (κ1) is 13.3. The van der Waals surface area contributed by atoms with E-state index in [1.54, 1.807) is 12.4 Å². The Kier molecular flexibility index (Phi) is 3.64. The van der Waals surface area contributed by atoms with Crippen LogP contribution in [0.4, 0.5) is 0 Å². The molecule has 5 heteroatoms. The highest BCUT2D eigenvalue weighted by Gasteiger charge is 2.09. The van der Waals surface area contributed by atoms with Crippen LogP contribution in [0.25, 0.3) is 22.5 Å². The van der Waals surface area contributed by atoms with E-state index in [1.807, 2.05) is 55.2 Å². The minimum Gasteiger partial charge on any atom is -0.478 e. The number of aromatic nitrogens is 4. The van der Waals surface area contributed by atoms with Crippen molar-refractivity contribution in [2.24, 2.45) is 7.05 Å². The lowest BCUT2D eigenvalue weighted by Gasteiger charge is -2.04. The molecule has 0 aliphatic rings. The van der Waals surface area contributed by atoms with Crippen LogP contribution in [0.5, 0.6) is 5.88 Å². The Labute approximate surface area is 123 Å². The summed E-state index contributed by atoms with van der Waals surface area (Å²) in [4.78, 5) is 8.42. The van der Waals surface area contributed by atoms with E-state index in [1.165, 1.54) is 0 Å². The molecule has 0 spiro atoms. The molecule has 0 saturated heterocycles. The van der Waals surface area contributed by atoms with Crippen molar-refractivity contribution >= 4 is 0 Å². The molecule has 0 atom stereocenters. The van der Waals surface area contributed by atoms with Crippen molar-refractivity contribution in [1.29, 1.82) is 0 Å². The Hall–Kier alpha value is -2.69. The van der Waals surface area contributed by atoms with Gasteiger partial charge in [-0.2, -0.15) is 5.10 Å². The zero-order valence-corrected chi connectivity index (χ0v) is 12.0. The topological polar surface area (TPSA) is 52.8 Å². The van der Waals surface area contributed by atoms with Gasteiger partial charge in [-0.3, -0.25) is 9.67 Å². The average Bonchev–Trinajstić information content (AvgIpc) is 2.91. The summed E-state index contributed by atoms with van der Waals surface area (Å²) in [5.41, 5.74) is 3.90. The van der Waals surface area contributed by atoms with Crippen molar-refractivity contribution in [3.63, 3.8) is 0 Å². The Morgan fingerprint density at radius 2 is 2.05 bits per heavy atom. The van der Waals surface area contributed by atoms with Crippen LogP contribution in [0, 0.1) is 0 Å². The Morgan fingerprint density at radius 3 is 2.71 bits per heavy atom. The quantitative estimate of drug-likeness (QED) is 0.737. The fourth-order valence-electron chi connectivity index (χ4n) is 2.16. The molecule has 106 valence electrons. The van der Waals surface area contributed by atoms with Gasteiger partial charge in [0.15, 0.2) is 0 Å². The molecule has 0 unspecified atom stereocenters. The van der Waals surface area contributed by atoms with E-state index in [0.29, 0.717) is 12.5 Å². The molecule has 0 bridgehead atoms. The summed E-state index contributed by atoms with van der Waals surface area (Å²) in [5, 5.41) is 4.53. The van der Waals surface area contributed by atoms with E-state index in [9.17, 15) is 0 Å². The molecule has 0 N–H and O–H groups in total. The normalized spacial score (nSPS) is 10.6. The fourth-order valence-corrected chi connectivity index (χ4v) is 2.16. The predicted molar refractivity (Wildman–Crippen MR) is 80.8 cm³/mol. The minimum atomic E-state index is 0.614. The molecule has 21 heavy (non-hydrogen) atoms. The number of ether oxygens (including phenoxy) is 1. The molecule has 0 radical (unpaired) electrons. The standard InChI is InChI=1S/C16H16N4O/c1-3-21-16-7-6-13(11-18-16)15-9-14(19-20(15)2)12-5-4-8-17-10-12/h4-11H,3H2,1-2H3. The summed E-state index contributed by atoms with van der Waals surface area (Å²) >= 11 is 0. The molecule has 0 aliphatic heterocycles. The van der Waals surface area contributed by atoms with Gasteiger partial charge in [0.2, 0.25) is 5.88 Å². The number of rotatable bonds is 4. The van der Waals surface area contributed by atoms with Crippen LogP contribution in [0.15, 0.2) is 48.9 Å². The molecular formula is C16H16N4O. The fraction of sp³-hybridized carbons (Fsp3) is 0.188. The number of pyridine rings is 2. The Balaban J connectivity index is 1.94. The molecule has 3 aromatic heterocycles. The summed E-state index contributed by atoms with van der Waals surface area (Å²) in [7, 11) is 1.92. The largest absolute Gasteiger partial charge is 0.478 e. The van der Waals surface area contributed by atoms with Crippen LogP contribution in [-0.2, 0) is 7.05 Å². The molecule has 3 heterocycles. The van der Waals surface area contributed by atoms with E-state index >= 15 is 0 Å². The van der Waals surface area contributed by atoms with Gasteiger partial charge in [-0.05, 0) is 31.2 Å². The van der Waals surface area contributed by atoms with Gasteiger partial charge in [0.25, 0.3) is 0 Å².